The third kappa shape index (κ3) is 3.85. The summed E-state index contributed by atoms with van der Waals surface area (Å²) >= 11 is 2.13. The maximum Gasteiger partial charge on any atom is 0.308 e. The molecule has 0 saturated carbocycles. The molecular formula is C23H19N3O5S2. The summed E-state index contributed by atoms with van der Waals surface area (Å²) in [7, 11) is 0. The second-order valence-electron chi connectivity index (χ2n) is 8.02. The largest absolute Gasteiger partial charge is 0.508 e. The summed E-state index contributed by atoms with van der Waals surface area (Å²) in [5.74, 6) is -2.28. The first-order valence-electron chi connectivity index (χ1n) is 10.2. The topological polar surface area (TPSA) is 118 Å². The van der Waals surface area contributed by atoms with Gasteiger partial charge < -0.3 is 10.4 Å². The van der Waals surface area contributed by atoms with Crippen molar-refractivity contribution >= 4 is 46.5 Å². The number of aromatic nitrogens is 1. The molecule has 3 N–H and O–H groups in total. The first kappa shape index (κ1) is 21.5. The van der Waals surface area contributed by atoms with Gasteiger partial charge in [0.1, 0.15) is 17.5 Å². The van der Waals surface area contributed by atoms with E-state index in [1.165, 1.54) is 16.7 Å². The number of thiazole rings is 1. The quantitative estimate of drug-likeness (QED) is 0.493. The molecule has 33 heavy (non-hydrogen) atoms. The molecule has 3 aromatic rings. The van der Waals surface area contributed by atoms with Crippen molar-refractivity contribution in [1.82, 2.24) is 9.88 Å². The van der Waals surface area contributed by atoms with E-state index in [0.717, 1.165) is 28.7 Å². The van der Waals surface area contributed by atoms with Gasteiger partial charge in [-0.25, -0.2) is 0 Å². The van der Waals surface area contributed by atoms with Gasteiger partial charge in [0.2, 0.25) is 17.7 Å². The Labute approximate surface area is 196 Å². The highest BCUT2D eigenvalue weighted by atomic mass is 32.2. The first-order chi connectivity index (χ1) is 15.8. The van der Waals surface area contributed by atoms with Crippen LogP contribution < -0.4 is 15.5 Å². The molecule has 3 amide bonds. The summed E-state index contributed by atoms with van der Waals surface area (Å²) in [6.45, 7) is 1.74. The van der Waals surface area contributed by atoms with E-state index in [2.05, 4.69) is 10.6 Å². The summed E-state index contributed by atoms with van der Waals surface area (Å²) in [5.41, 5.74) is 2.40. The van der Waals surface area contributed by atoms with Crippen LogP contribution in [0.4, 0.5) is 5.69 Å². The molecule has 2 aromatic carbocycles. The van der Waals surface area contributed by atoms with Crippen molar-refractivity contribution in [2.24, 2.45) is 5.92 Å². The van der Waals surface area contributed by atoms with Crippen molar-refractivity contribution in [3.63, 3.8) is 0 Å². The van der Waals surface area contributed by atoms with Crippen molar-refractivity contribution < 1.29 is 19.5 Å². The molecule has 2 aliphatic heterocycles. The molecule has 2 aliphatic rings. The van der Waals surface area contributed by atoms with Gasteiger partial charge in [-0.3, -0.25) is 29.1 Å². The molecule has 5 rings (SSSR count). The van der Waals surface area contributed by atoms with Crippen LogP contribution >= 0.6 is 23.1 Å². The Morgan fingerprint density at radius 1 is 1.06 bits per heavy atom. The van der Waals surface area contributed by atoms with Gasteiger partial charge >= 0.3 is 4.87 Å². The zero-order valence-electron chi connectivity index (χ0n) is 17.4. The highest BCUT2D eigenvalue weighted by molar-refractivity contribution is 8.00. The number of nitrogens with zero attached hydrogens (tertiary/aromatic N) is 1. The Morgan fingerprint density at radius 3 is 2.45 bits per heavy atom. The number of anilines is 1. The van der Waals surface area contributed by atoms with Crippen LogP contribution in [0, 0.1) is 12.8 Å². The molecule has 1 fully saturated rings. The molecule has 0 radical (unpaired) electrons. The zero-order chi connectivity index (χ0) is 23.3. The molecule has 8 nitrogen and oxygen atoms in total. The van der Waals surface area contributed by atoms with Gasteiger partial charge in [-0.05, 0) is 36.8 Å². The van der Waals surface area contributed by atoms with Crippen LogP contribution in [0.2, 0.25) is 0 Å². The van der Waals surface area contributed by atoms with E-state index < -0.39 is 23.0 Å². The highest BCUT2D eigenvalue weighted by Gasteiger charge is 2.52. The van der Waals surface area contributed by atoms with Gasteiger partial charge in [-0.15, -0.1) is 0 Å². The van der Waals surface area contributed by atoms with Gasteiger partial charge in [0, 0.05) is 16.5 Å². The lowest BCUT2D eigenvalue weighted by Crippen LogP contribution is -2.32. The molecule has 3 unspecified atom stereocenters. The number of nitrogens with one attached hydrogen (secondary N) is 2. The number of imide groups is 1. The molecule has 3 heterocycles. The van der Waals surface area contributed by atoms with Crippen LogP contribution in [0.1, 0.15) is 21.9 Å². The normalized spacial score (nSPS) is 21.3. The molecule has 0 bridgehead atoms. The molecule has 168 valence electrons. The Hall–Kier alpha value is -3.37. The molecule has 1 saturated heterocycles. The van der Waals surface area contributed by atoms with E-state index in [1.807, 2.05) is 19.1 Å². The monoisotopic (exact) mass is 481 g/mol. The van der Waals surface area contributed by atoms with Gasteiger partial charge in [0.05, 0.1) is 10.9 Å². The number of hydrogen-bond donors (Lipinski definition) is 3. The van der Waals surface area contributed by atoms with Crippen molar-refractivity contribution in [3.05, 3.63) is 74.2 Å². The molecule has 3 atom stereocenters. The molecule has 10 heteroatoms. The molecule has 0 aliphatic carbocycles. The summed E-state index contributed by atoms with van der Waals surface area (Å²) in [4.78, 5) is 51.1. The Bertz CT molecular complexity index is 1330. The Balaban J connectivity index is 1.52. The zero-order valence-corrected chi connectivity index (χ0v) is 19.0. The second-order valence-corrected chi connectivity index (χ2v) is 10.1. The van der Waals surface area contributed by atoms with Crippen molar-refractivity contribution in [3.8, 4) is 5.75 Å². The standard InChI is InChI=1S/C23H19N3O5S2/c1-11-2-6-13(7-3-11)24-15(28)10-26-22-19(33-23(26)31)16(12-4-8-14(27)9-5-12)17-18(32-22)21(30)25-20(17)29/h2-9,16-18,27H,10H2,1H3,(H,24,28)(H,25,29,30). The molecule has 1 aromatic heterocycles. The number of benzene rings is 2. The summed E-state index contributed by atoms with van der Waals surface area (Å²) < 4.78 is 1.37. The van der Waals surface area contributed by atoms with Crippen LogP contribution in [0.3, 0.4) is 0 Å². The minimum atomic E-state index is -0.704. The van der Waals surface area contributed by atoms with Gasteiger partial charge in [0.25, 0.3) is 0 Å². The van der Waals surface area contributed by atoms with Crippen molar-refractivity contribution in [2.75, 3.05) is 5.32 Å². The van der Waals surface area contributed by atoms with E-state index in [4.69, 9.17) is 0 Å². The maximum absolute atomic E-state index is 12.9. The SMILES string of the molecule is Cc1ccc(NC(=O)Cn2c3c(sc2=O)C(c2ccc(O)cc2)C2C(=O)NC(=O)C2S3)cc1. The number of phenols is 1. The molecule has 0 spiro atoms. The van der Waals surface area contributed by atoms with Crippen LogP contribution in [-0.4, -0.2) is 32.6 Å². The van der Waals surface area contributed by atoms with E-state index in [0.29, 0.717) is 21.2 Å². The van der Waals surface area contributed by atoms with Crippen LogP contribution in [0.25, 0.3) is 0 Å². The third-order valence-electron chi connectivity index (χ3n) is 5.78. The smallest absolute Gasteiger partial charge is 0.308 e. The lowest BCUT2D eigenvalue weighted by Gasteiger charge is -2.30. The number of aromatic hydroxyl groups is 1. The van der Waals surface area contributed by atoms with Crippen molar-refractivity contribution in [2.45, 2.75) is 29.7 Å². The number of carbonyl (C=O) groups is 3. The van der Waals surface area contributed by atoms with Crippen LogP contribution in [0.15, 0.2) is 58.4 Å². The third-order valence-corrected chi connectivity index (χ3v) is 8.39. The van der Waals surface area contributed by atoms with E-state index in [9.17, 15) is 24.3 Å². The highest BCUT2D eigenvalue weighted by Crippen LogP contribution is 2.51. The number of rotatable bonds is 4. The first-order valence-corrected chi connectivity index (χ1v) is 11.9. The average molecular weight is 482 g/mol. The maximum atomic E-state index is 12.9. The number of amides is 3. The minimum absolute atomic E-state index is 0.0752. The van der Waals surface area contributed by atoms with Crippen LogP contribution in [0.5, 0.6) is 5.75 Å². The predicted molar refractivity (Wildman–Crippen MR) is 125 cm³/mol. The van der Waals surface area contributed by atoms with Gasteiger partial charge in [-0.1, -0.05) is 52.9 Å². The van der Waals surface area contributed by atoms with Gasteiger partial charge in [0.15, 0.2) is 0 Å². The summed E-state index contributed by atoms with van der Waals surface area (Å²) in [6.07, 6.45) is 0. The number of fused-ring (bicyclic) bond motifs is 2. The Kier molecular flexibility index (Phi) is 5.34. The lowest BCUT2D eigenvalue weighted by atomic mass is 9.83. The number of carbonyl (C=O) groups excluding carboxylic acids is 3. The van der Waals surface area contributed by atoms with E-state index in [-0.39, 0.29) is 29.0 Å². The van der Waals surface area contributed by atoms with E-state index >= 15 is 0 Å². The fourth-order valence-electron chi connectivity index (χ4n) is 4.20. The average Bonchev–Trinajstić information content (AvgIpc) is 3.24. The number of aryl methyl sites for hydroxylation is 1. The van der Waals surface area contributed by atoms with Gasteiger partial charge in [-0.2, -0.15) is 0 Å². The fourth-order valence-corrected chi connectivity index (χ4v) is 6.94. The number of hydrogen-bond acceptors (Lipinski definition) is 7. The number of phenolic OH excluding ortho intramolecular Hbond substituents is 1. The number of thioether (sulfide) groups is 1. The predicted octanol–water partition coefficient (Wildman–Crippen LogP) is 2.44. The Morgan fingerprint density at radius 2 is 1.76 bits per heavy atom. The lowest BCUT2D eigenvalue weighted by molar-refractivity contribution is -0.126. The fraction of sp³-hybridized carbons (Fsp3) is 0.217. The van der Waals surface area contributed by atoms with Crippen molar-refractivity contribution in [1.29, 1.82) is 0 Å². The molecular weight excluding hydrogens is 462 g/mol. The minimum Gasteiger partial charge on any atom is -0.508 e. The summed E-state index contributed by atoms with van der Waals surface area (Å²) in [5, 5.41) is 14.7. The second kappa shape index (κ2) is 8.20. The van der Waals surface area contributed by atoms with E-state index in [1.54, 1.807) is 24.3 Å². The van der Waals surface area contributed by atoms with Crippen LogP contribution in [-0.2, 0) is 20.9 Å². The summed E-state index contributed by atoms with van der Waals surface area (Å²) in [6, 6.07) is 13.7.